The van der Waals surface area contributed by atoms with Crippen LogP contribution in [0.25, 0.3) is 0 Å². The molecule has 0 radical (unpaired) electrons. The van der Waals surface area contributed by atoms with E-state index in [-0.39, 0.29) is 6.61 Å². The van der Waals surface area contributed by atoms with Gasteiger partial charge < -0.3 is 15.3 Å². The van der Waals surface area contributed by atoms with Gasteiger partial charge in [0, 0.05) is 24.3 Å². The van der Waals surface area contributed by atoms with Gasteiger partial charge in [0.1, 0.15) is 0 Å². The first-order valence-corrected chi connectivity index (χ1v) is 8.47. The van der Waals surface area contributed by atoms with E-state index in [1.807, 2.05) is 0 Å². The van der Waals surface area contributed by atoms with Gasteiger partial charge in [0.25, 0.3) is 0 Å². The Labute approximate surface area is 129 Å². The molecule has 2 rings (SSSR count). The van der Waals surface area contributed by atoms with E-state index < -0.39 is 0 Å². The summed E-state index contributed by atoms with van der Waals surface area (Å²) in [5.74, 6) is 0. The SMILES string of the molecule is CCNC(C)c1ccc(N(CCO)C2CCCCC2)cc1. The molecule has 0 amide bonds. The number of aliphatic hydroxyl groups excluding tert-OH is 1. The van der Waals surface area contributed by atoms with E-state index >= 15 is 0 Å². The average molecular weight is 290 g/mol. The fourth-order valence-corrected chi connectivity index (χ4v) is 3.40. The molecule has 0 bridgehead atoms. The number of aliphatic hydroxyl groups is 1. The third kappa shape index (κ3) is 4.45. The van der Waals surface area contributed by atoms with E-state index in [1.54, 1.807) is 0 Å². The zero-order valence-electron chi connectivity index (χ0n) is 13.5. The van der Waals surface area contributed by atoms with Crippen molar-refractivity contribution in [3.63, 3.8) is 0 Å². The summed E-state index contributed by atoms with van der Waals surface area (Å²) in [5.41, 5.74) is 2.58. The van der Waals surface area contributed by atoms with Gasteiger partial charge in [-0.2, -0.15) is 0 Å². The van der Waals surface area contributed by atoms with Crippen molar-refractivity contribution < 1.29 is 5.11 Å². The van der Waals surface area contributed by atoms with Crippen LogP contribution in [0.1, 0.15) is 57.6 Å². The molecule has 1 aliphatic carbocycles. The second-order valence-electron chi connectivity index (χ2n) is 6.08. The minimum atomic E-state index is 0.228. The molecular weight excluding hydrogens is 260 g/mol. The zero-order valence-corrected chi connectivity index (χ0v) is 13.5. The minimum absolute atomic E-state index is 0.228. The molecule has 0 aromatic heterocycles. The van der Waals surface area contributed by atoms with E-state index in [1.165, 1.54) is 43.4 Å². The van der Waals surface area contributed by atoms with Crippen LogP contribution in [0, 0.1) is 0 Å². The summed E-state index contributed by atoms with van der Waals surface area (Å²) in [5, 5.41) is 12.8. The van der Waals surface area contributed by atoms with Gasteiger partial charge in [-0.15, -0.1) is 0 Å². The summed E-state index contributed by atoms with van der Waals surface area (Å²) >= 11 is 0. The number of benzene rings is 1. The predicted octanol–water partition coefficient (Wildman–Crippen LogP) is 3.49. The molecule has 1 aliphatic rings. The second kappa shape index (κ2) is 8.40. The summed E-state index contributed by atoms with van der Waals surface area (Å²) in [7, 11) is 0. The zero-order chi connectivity index (χ0) is 15.1. The maximum absolute atomic E-state index is 9.39. The molecule has 2 N–H and O–H groups in total. The molecule has 21 heavy (non-hydrogen) atoms. The molecule has 3 heteroatoms. The number of hydrogen-bond donors (Lipinski definition) is 2. The molecule has 1 fully saturated rings. The molecule has 1 saturated carbocycles. The van der Waals surface area contributed by atoms with Gasteiger partial charge in [-0.25, -0.2) is 0 Å². The van der Waals surface area contributed by atoms with Gasteiger partial charge in [-0.3, -0.25) is 0 Å². The number of nitrogens with one attached hydrogen (secondary N) is 1. The first-order valence-electron chi connectivity index (χ1n) is 8.47. The number of nitrogens with zero attached hydrogens (tertiary/aromatic N) is 1. The highest BCUT2D eigenvalue weighted by atomic mass is 16.3. The van der Waals surface area contributed by atoms with Gasteiger partial charge in [-0.05, 0) is 44.0 Å². The van der Waals surface area contributed by atoms with Crippen LogP contribution in [0.4, 0.5) is 5.69 Å². The van der Waals surface area contributed by atoms with Crippen LogP contribution in [-0.4, -0.2) is 30.8 Å². The van der Waals surface area contributed by atoms with E-state index in [0.29, 0.717) is 12.1 Å². The van der Waals surface area contributed by atoms with E-state index in [4.69, 9.17) is 0 Å². The van der Waals surface area contributed by atoms with Crippen molar-refractivity contribution in [2.75, 3.05) is 24.6 Å². The Kier molecular flexibility index (Phi) is 6.52. The summed E-state index contributed by atoms with van der Waals surface area (Å²) in [6.07, 6.45) is 6.53. The molecule has 0 spiro atoms. The van der Waals surface area contributed by atoms with Crippen LogP contribution >= 0.6 is 0 Å². The number of hydrogen-bond acceptors (Lipinski definition) is 3. The van der Waals surface area contributed by atoms with Crippen molar-refractivity contribution in [1.29, 1.82) is 0 Å². The van der Waals surface area contributed by atoms with Crippen molar-refractivity contribution >= 4 is 5.69 Å². The van der Waals surface area contributed by atoms with Gasteiger partial charge >= 0.3 is 0 Å². The van der Waals surface area contributed by atoms with Crippen molar-refractivity contribution in [3.8, 4) is 0 Å². The average Bonchev–Trinajstić information content (AvgIpc) is 2.54. The normalized spacial score (nSPS) is 17.7. The van der Waals surface area contributed by atoms with E-state index in [0.717, 1.165) is 13.1 Å². The van der Waals surface area contributed by atoms with Gasteiger partial charge in [0.15, 0.2) is 0 Å². The molecule has 1 unspecified atom stereocenters. The molecule has 0 aliphatic heterocycles. The van der Waals surface area contributed by atoms with Crippen LogP contribution in [0.2, 0.25) is 0 Å². The van der Waals surface area contributed by atoms with Gasteiger partial charge in [0.05, 0.1) is 6.61 Å². The Morgan fingerprint density at radius 1 is 1.19 bits per heavy atom. The quantitative estimate of drug-likeness (QED) is 0.807. The summed E-state index contributed by atoms with van der Waals surface area (Å²) in [4.78, 5) is 2.40. The Bertz CT molecular complexity index is 398. The molecule has 1 aromatic rings. The smallest absolute Gasteiger partial charge is 0.0606 e. The lowest BCUT2D eigenvalue weighted by Gasteiger charge is -2.36. The molecular formula is C18H30N2O. The Balaban J connectivity index is 2.08. The van der Waals surface area contributed by atoms with Crippen molar-refractivity contribution in [1.82, 2.24) is 5.32 Å². The molecule has 118 valence electrons. The molecule has 1 aromatic carbocycles. The maximum Gasteiger partial charge on any atom is 0.0606 e. The topological polar surface area (TPSA) is 35.5 Å². The predicted molar refractivity (Wildman–Crippen MR) is 89.8 cm³/mol. The largest absolute Gasteiger partial charge is 0.395 e. The standard InChI is InChI=1S/C18H30N2O/c1-3-19-15(2)16-9-11-18(12-10-16)20(13-14-21)17-7-5-4-6-8-17/h9-12,15,17,19,21H,3-8,13-14H2,1-2H3. The maximum atomic E-state index is 9.39. The minimum Gasteiger partial charge on any atom is -0.395 e. The third-order valence-electron chi connectivity index (χ3n) is 4.59. The lowest BCUT2D eigenvalue weighted by atomic mass is 9.93. The molecule has 0 heterocycles. The second-order valence-corrected chi connectivity index (χ2v) is 6.08. The lowest BCUT2D eigenvalue weighted by Crippen LogP contribution is -2.38. The molecule has 0 saturated heterocycles. The summed E-state index contributed by atoms with van der Waals surface area (Å²) < 4.78 is 0. The highest BCUT2D eigenvalue weighted by Crippen LogP contribution is 2.28. The van der Waals surface area contributed by atoms with Crippen LogP contribution < -0.4 is 10.2 Å². The third-order valence-corrected chi connectivity index (χ3v) is 4.59. The highest BCUT2D eigenvalue weighted by Gasteiger charge is 2.21. The van der Waals surface area contributed by atoms with Crippen LogP contribution in [0.3, 0.4) is 0 Å². The summed E-state index contributed by atoms with van der Waals surface area (Å²) in [6.45, 7) is 6.29. The lowest BCUT2D eigenvalue weighted by molar-refractivity contribution is 0.290. The first-order chi connectivity index (χ1) is 10.3. The Hall–Kier alpha value is -1.06. The van der Waals surface area contributed by atoms with Crippen LogP contribution in [0.5, 0.6) is 0 Å². The Morgan fingerprint density at radius 3 is 2.43 bits per heavy atom. The fourth-order valence-electron chi connectivity index (χ4n) is 3.40. The molecule has 1 atom stereocenters. The van der Waals surface area contributed by atoms with Gasteiger partial charge in [-0.1, -0.05) is 38.3 Å². The van der Waals surface area contributed by atoms with E-state index in [2.05, 4.69) is 48.3 Å². The van der Waals surface area contributed by atoms with Crippen molar-refractivity contribution in [2.24, 2.45) is 0 Å². The molecule has 3 nitrogen and oxygen atoms in total. The monoisotopic (exact) mass is 290 g/mol. The summed E-state index contributed by atoms with van der Waals surface area (Å²) in [6, 6.07) is 9.86. The highest BCUT2D eigenvalue weighted by molar-refractivity contribution is 5.49. The van der Waals surface area contributed by atoms with E-state index in [9.17, 15) is 5.11 Å². The first kappa shape index (κ1) is 16.3. The number of rotatable bonds is 7. The van der Waals surface area contributed by atoms with Crippen molar-refractivity contribution in [3.05, 3.63) is 29.8 Å². The van der Waals surface area contributed by atoms with Gasteiger partial charge in [0.2, 0.25) is 0 Å². The van der Waals surface area contributed by atoms with Crippen molar-refractivity contribution in [2.45, 2.75) is 58.0 Å². The van der Waals surface area contributed by atoms with Crippen LogP contribution in [0.15, 0.2) is 24.3 Å². The fraction of sp³-hybridized carbons (Fsp3) is 0.667. The Morgan fingerprint density at radius 2 is 1.86 bits per heavy atom. The van der Waals surface area contributed by atoms with Crippen LogP contribution in [-0.2, 0) is 0 Å². The number of anilines is 1.